The van der Waals surface area contributed by atoms with Crippen LogP contribution in [0.15, 0.2) is 65.2 Å². The van der Waals surface area contributed by atoms with E-state index in [2.05, 4.69) is 19.9 Å². The van der Waals surface area contributed by atoms with E-state index in [9.17, 15) is 13.2 Å². The molecule has 2 aromatic rings. The molecule has 0 unspecified atom stereocenters. The van der Waals surface area contributed by atoms with Gasteiger partial charge in [0.25, 0.3) is 0 Å². The Hall–Kier alpha value is -2.60. The van der Waals surface area contributed by atoms with Crippen molar-refractivity contribution in [2.45, 2.75) is 24.2 Å². The van der Waals surface area contributed by atoms with Gasteiger partial charge in [-0.25, -0.2) is 8.42 Å². The van der Waals surface area contributed by atoms with Crippen LogP contribution in [-0.4, -0.2) is 34.1 Å². The van der Waals surface area contributed by atoms with Crippen LogP contribution < -0.4 is 9.64 Å². The molecule has 1 aliphatic rings. The van der Waals surface area contributed by atoms with Crippen molar-refractivity contribution in [3.8, 4) is 5.75 Å². The molecule has 0 saturated carbocycles. The fourth-order valence-corrected chi connectivity index (χ4v) is 4.06. The number of nitrogens with zero attached hydrogens (tertiary/aromatic N) is 1. The first kappa shape index (κ1) is 19.2. The number of fused-ring (bicyclic) bond motifs is 1. The van der Waals surface area contributed by atoms with Crippen LogP contribution in [0.5, 0.6) is 5.75 Å². The van der Waals surface area contributed by atoms with Gasteiger partial charge in [-0.1, -0.05) is 38.1 Å². The lowest BCUT2D eigenvalue weighted by Crippen LogP contribution is -2.25. The molecule has 1 heterocycles. The molecule has 0 aromatic heterocycles. The van der Waals surface area contributed by atoms with Gasteiger partial charge in [-0.3, -0.25) is 4.79 Å². The molecule has 0 atom stereocenters. The van der Waals surface area contributed by atoms with Gasteiger partial charge in [0.1, 0.15) is 5.75 Å². The second-order valence-corrected chi connectivity index (χ2v) is 9.25. The Balaban J connectivity index is 1.77. The minimum absolute atomic E-state index is 0.156. The zero-order valence-electron chi connectivity index (χ0n) is 15.9. The van der Waals surface area contributed by atoms with E-state index >= 15 is 0 Å². The van der Waals surface area contributed by atoms with Crippen LogP contribution in [0.4, 0.5) is 5.69 Å². The summed E-state index contributed by atoms with van der Waals surface area (Å²) in [6.45, 7) is 4.02. The quantitative estimate of drug-likeness (QED) is 0.739. The van der Waals surface area contributed by atoms with Gasteiger partial charge in [-0.15, -0.1) is 0 Å². The monoisotopic (exact) mass is 385 g/mol. The maximum Gasteiger partial charge on any atom is 0.194 e. The molecule has 0 N–H and O–H groups in total. The molecule has 27 heavy (non-hydrogen) atoms. The van der Waals surface area contributed by atoms with Crippen LogP contribution in [0, 0.1) is 0 Å². The topological polar surface area (TPSA) is 63.7 Å². The maximum atomic E-state index is 12.5. The lowest BCUT2D eigenvalue weighted by molar-refractivity contribution is -0.116. The van der Waals surface area contributed by atoms with Crippen LogP contribution in [0.3, 0.4) is 0 Å². The number of ether oxygens (including phenoxy) is 1. The van der Waals surface area contributed by atoms with Crippen LogP contribution >= 0.6 is 0 Å². The molecule has 0 saturated heterocycles. The maximum absolute atomic E-state index is 12.5. The smallest absolute Gasteiger partial charge is 0.194 e. The van der Waals surface area contributed by atoms with E-state index < -0.39 is 9.84 Å². The first-order chi connectivity index (χ1) is 12.6. The number of sulfone groups is 1. The number of carbonyl (C=O) groups excluding carboxylic acids is 1. The molecule has 5 nitrogen and oxygen atoms in total. The Labute approximate surface area is 160 Å². The van der Waals surface area contributed by atoms with Crippen molar-refractivity contribution in [3.63, 3.8) is 0 Å². The van der Waals surface area contributed by atoms with Gasteiger partial charge < -0.3 is 9.64 Å². The van der Waals surface area contributed by atoms with Gasteiger partial charge in [-0.2, -0.15) is 0 Å². The summed E-state index contributed by atoms with van der Waals surface area (Å²) in [5, 5.41) is 0. The number of carbonyl (C=O) groups is 1. The molecule has 2 aromatic carbocycles. The van der Waals surface area contributed by atoms with E-state index in [0.29, 0.717) is 5.75 Å². The Kier molecular flexibility index (Phi) is 4.86. The third-order valence-electron chi connectivity index (χ3n) is 4.85. The van der Waals surface area contributed by atoms with E-state index in [0.717, 1.165) is 17.6 Å². The van der Waals surface area contributed by atoms with Crippen molar-refractivity contribution in [1.29, 1.82) is 0 Å². The first-order valence-corrected chi connectivity index (χ1v) is 10.5. The van der Waals surface area contributed by atoms with Gasteiger partial charge in [0.2, 0.25) is 0 Å². The average molecular weight is 385 g/mol. The van der Waals surface area contributed by atoms with Crippen LogP contribution in [0.25, 0.3) is 0 Å². The molecular weight excluding hydrogens is 362 g/mol. The molecular formula is C21H23NO4S. The van der Waals surface area contributed by atoms with E-state index in [1.165, 1.54) is 17.7 Å². The number of ketones is 1. The summed E-state index contributed by atoms with van der Waals surface area (Å²) in [5.41, 5.74) is 2.89. The Morgan fingerprint density at radius 1 is 1.15 bits per heavy atom. The minimum Gasteiger partial charge on any atom is -0.485 e. The molecule has 6 heteroatoms. The molecule has 142 valence electrons. The summed E-state index contributed by atoms with van der Waals surface area (Å²) >= 11 is 0. The SMILES string of the molecule is CN1/C(=C\C(=O)COc2cccc(S(C)(=O)=O)c2)C(C)(C)c2ccccc21. The number of hydrogen-bond donors (Lipinski definition) is 0. The highest BCUT2D eigenvalue weighted by Crippen LogP contribution is 2.46. The fourth-order valence-electron chi connectivity index (χ4n) is 3.40. The van der Waals surface area contributed by atoms with Gasteiger partial charge in [0.15, 0.2) is 22.2 Å². The summed E-state index contributed by atoms with van der Waals surface area (Å²) in [6.07, 6.45) is 2.75. The van der Waals surface area contributed by atoms with Gasteiger partial charge in [0.05, 0.1) is 4.90 Å². The molecule has 0 amide bonds. The Bertz CT molecular complexity index is 1020. The fraction of sp³-hybridized carbons (Fsp3) is 0.286. The zero-order valence-corrected chi connectivity index (χ0v) is 16.7. The standard InChI is InChI=1S/C21H23NO4S/c1-21(2)18-10-5-6-11-19(18)22(3)20(21)12-15(23)14-26-16-8-7-9-17(13-16)27(4,24)25/h5-13H,14H2,1-4H3/b20-12-. The second kappa shape index (κ2) is 6.85. The summed E-state index contributed by atoms with van der Waals surface area (Å²) in [5.74, 6) is 0.175. The minimum atomic E-state index is -3.32. The van der Waals surface area contributed by atoms with Crippen molar-refractivity contribution in [1.82, 2.24) is 0 Å². The number of benzene rings is 2. The number of allylic oxidation sites excluding steroid dienone is 1. The number of anilines is 1. The molecule has 1 aliphatic heterocycles. The number of para-hydroxylation sites is 1. The van der Waals surface area contributed by atoms with Gasteiger partial charge >= 0.3 is 0 Å². The molecule has 0 spiro atoms. The van der Waals surface area contributed by atoms with Crippen molar-refractivity contribution < 1.29 is 17.9 Å². The van der Waals surface area contributed by atoms with Gasteiger partial charge in [-0.05, 0) is 29.8 Å². The van der Waals surface area contributed by atoms with Crippen LogP contribution in [-0.2, 0) is 20.0 Å². The number of likely N-dealkylation sites (N-methyl/N-ethyl adjacent to an activating group) is 1. The third kappa shape index (κ3) is 3.76. The van der Waals surface area contributed by atoms with E-state index in [-0.39, 0.29) is 22.7 Å². The normalized spacial score (nSPS) is 17.0. The summed E-state index contributed by atoms with van der Waals surface area (Å²) in [7, 11) is -1.37. The predicted octanol–water partition coefficient (Wildman–Crippen LogP) is 3.35. The highest BCUT2D eigenvalue weighted by molar-refractivity contribution is 7.90. The average Bonchev–Trinajstić information content (AvgIpc) is 2.81. The van der Waals surface area contributed by atoms with Crippen LogP contribution in [0.2, 0.25) is 0 Å². The largest absolute Gasteiger partial charge is 0.485 e. The number of rotatable bonds is 5. The number of hydrogen-bond acceptors (Lipinski definition) is 5. The Morgan fingerprint density at radius 2 is 1.85 bits per heavy atom. The Morgan fingerprint density at radius 3 is 2.52 bits per heavy atom. The third-order valence-corrected chi connectivity index (χ3v) is 5.96. The van der Waals surface area contributed by atoms with E-state index in [4.69, 9.17) is 4.74 Å². The van der Waals surface area contributed by atoms with Crippen LogP contribution in [0.1, 0.15) is 19.4 Å². The highest BCUT2D eigenvalue weighted by Gasteiger charge is 2.38. The van der Waals surface area contributed by atoms with Crippen molar-refractivity contribution in [2.75, 3.05) is 24.8 Å². The summed E-state index contributed by atoms with van der Waals surface area (Å²) in [6, 6.07) is 14.2. The lowest BCUT2D eigenvalue weighted by atomic mass is 9.83. The van der Waals surface area contributed by atoms with E-state index in [1.807, 2.05) is 30.1 Å². The molecule has 0 bridgehead atoms. The summed E-state index contributed by atoms with van der Waals surface area (Å²) < 4.78 is 28.8. The zero-order chi connectivity index (χ0) is 19.8. The summed E-state index contributed by atoms with van der Waals surface area (Å²) in [4.78, 5) is 14.7. The molecule has 0 fully saturated rings. The van der Waals surface area contributed by atoms with Crippen molar-refractivity contribution in [2.24, 2.45) is 0 Å². The lowest BCUT2D eigenvalue weighted by Gasteiger charge is -2.23. The molecule has 3 rings (SSSR count). The molecule has 0 radical (unpaired) electrons. The second-order valence-electron chi connectivity index (χ2n) is 7.23. The molecule has 0 aliphatic carbocycles. The van der Waals surface area contributed by atoms with Gasteiger partial charge in [0, 0.05) is 36.2 Å². The van der Waals surface area contributed by atoms with Crippen molar-refractivity contribution in [3.05, 3.63) is 65.9 Å². The first-order valence-electron chi connectivity index (χ1n) is 8.62. The predicted molar refractivity (Wildman–Crippen MR) is 106 cm³/mol. The van der Waals surface area contributed by atoms with E-state index in [1.54, 1.807) is 18.2 Å². The van der Waals surface area contributed by atoms with Crippen molar-refractivity contribution >= 4 is 21.3 Å². The highest BCUT2D eigenvalue weighted by atomic mass is 32.2.